The molecule has 0 saturated carbocycles. The van der Waals surface area contributed by atoms with Crippen molar-refractivity contribution in [3.63, 3.8) is 0 Å². The molecule has 0 aliphatic carbocycles. The summed E-state index contributed by atoms with van der Waals surface area (Å²) in [7, 11) is -2.31. The van der Waals surface area contributed by atoms with Gasteiger partial charge in [-0.15, -0.1) is 0 Å². The van der Waals surface area contributed by atoms with Gasteiger partial charge in [-0.3, -0.25) is 0 Å². The van der Waals surface area contributed by atoms with Crippen LogP contribution in [0.1, 0.15) is 19.8 Å². The van der Waals surface area contributed by atoms with Gasteiger partial charge in [0.2, 0.25) is 8.41 Å². The van der Waals surface area contributed by atoms with Gasteiger partial charge in [0.05, 0.1) is 6.61 Å². The van der Waals surface area contributed by atoms with Crippen molar-refractivity contribution in [1.29, 1.82) is 0 Å². The molecule has 3 heteroatoms. The Balaban J connectivity index is 3.13. The van der Waals surface area contributed by atoms with E-state index in [1.165, 1.54) is 0 Å². The number of halogens is 1. The molecule has 0 aliphatic rings. The van der Waals surface area contributed by atoms with E-state index >= 15 is 0 Å². The van der Waals surface area contributed by atoms with Gasteiger partial charge in [0.1, 0.15) is 0 Å². The van der Waals surface area contributed by atoms with Crippen molar-refractivity contribution >= 4 is 8.41 Å². The van der Waals surface area contributed by atoms with Crippen molar-refractivity contribution in [3.8, 4) is 0 Å². The highest BCUT2D eigenvalue weighted by molar-refractivity contribution is 6.70. The van der Waals surface area contributed by atoms with Gasteiger partial charge in [-0.25, -0.2) is 0 Å². The monoisotopic (exact) mass is 204 g/mol. The summed E-state index contributed by atoms with van der Waals surface area (Å²) in [5.41, 5.74) is 1.04. The van der Waals surface area contributed by atoms with Crippen LogP contribution in [0.5, 0.6) is 0 Å². The molecule has 13 heavy (non-hydrogen) atoms. The van der Waals surface area contributed by atoms with Crippen LogP contribution in [0.2, 0.25) is 19.1 Å². The van der Waals surface area contributed by atoms with E-state index in [4.69, 9.17) is 4.74 Å². The molecule has 0 aromatic heterocycles. The summed E-state index contributed by atoms with van der Waals surface area (Å²) in [5, 5.41) is 0. The normalized spacial score (nSPS) is 11.7. The maximum atomic E-state index is 13.1. The van der Waals surface area contributed by atoms with Gasteiger partial charge >= 0.3 is 0 Å². The number of ether oxygens (including phenoxy) is 1. The van der Waals surface area contributed by atoms with Crippen molar-refractivity contribution in [2.24, 2.45) is 0 Å². The minimum atomic E-state index is -2.31. The fourth-order valence-electron chi connectivity index (χ4n) is 0.996. The van der Waals surface area contributed by atoms with Crippen LogP contribution in [0, 0.1) is 0 Å². The van der Waals surface area contributed by atoms with Gasteiger partial charge in [0, 0.05) is 6.61 Å². The molecule has 0 radical (unpaired) electrons. The molecule has 0 aliphatic heterocycles. The Bertz CT molecular complexity index is 151. The van der Waals surface area contributed by atoms with Gasteiger partial charge in [0.15, 0.2) is 0 Å². The lowest BCUT2D eigenvalue weighted by Crippen LogP contribution is -2.17. The van der Waals surface area contributed by atoms with E-state index in [0.29, 0.717) is 6.61 Å². The van der Waals surface area contributed by atoms with Crippen molar-refractivity contribution in [3.05, 3.63) is 12.2 Å². The predicted molar refractivity (Wildman–Crippen MR) is 58.3 cm³/mol. The molecular formula is C10H21FOSi. The van der Waals surface area contributed by atoms with E-state index in [0.717, 1.165) is 31.1 Å². The molecule has 0 aromatic carbocycles. The fourth-order valence-corrected chi connectivity index (χ4v) is 2.09. The van der Waals surface area contributed by atoms with E-state index < -0.39 is 8.41 Å². The molecule has 0 N–H and O–H groups in total. The van der Waals surface area contributed by atoms with Gasteiger partial charge in [0.25, 0.3) is 0 Å². The Morgan fingerprint density at radius 3 is 2.46 bits per heavy atom. The van der Waals surface area contributed by atoms with Gasteiger partial charge in [-0.2, -0.15) is 0 Å². The van der Waals surface area contributed by atoms with Crippen LogP contribution >= 0.6 is 0 Å². The molecule has 1 nitrogen and oxygen atoms in total. The number of rotatable bonds is 7. The molecule has 0 heterocycles. The summed E-state index contributed by atoms with van der Waals surface area (Å²) in [4.78, 5) is 0. The maximum Gasteiger partial charge on any atom is 0.240 e. The molecule has 0 unspecified atom stereocenters. The third-order valence-corrected chi connectivity index (χ3v) is 3.20. The molecule has 0 atom stereocenters. The van der Waals surface area contributed by atoms with E-state index in [9.17, 15) is 4.11 Å². The first-order valence-electron chi connectivity index (χ1n) is 4.83. The van der Waals surface area contributed by atoms with Crippen molar-refractivity contribution in [2.75, 3.05) is 13.2 Å². The quantitative estimate of drug-likeness (QED) is 0.267. The van der Waals surface area contributed by atoms with Gasteiger partial charge in [-0.05, 0) is 32.5 Å². The Labute approximate surface area is 82.2 Å². The summed E-state index contributed by atoms with van der Waals surface area (Å²) in [6, 6.07) is 0.753. The van der Waals surface area contributed by atoms with E-state index in [2.05, 4.69) is 6.58 Å². The minimum absolute atomic E-state index is 0.635. The van der Waals surface area contributed by atoms with Crippen LogP contribution in [0.4, 0.5) is 4.11 Å². The lowest BCUT2D eigenvalue weighted by Gasteiger charge is -2.10. The summed E-state index contributed by atoms with van der Waals surface area (Å²) in [6.45, 7) is 10.5. The third kappa shape index (κ3) is 11.8. The Kier molecular flexibility index (Phi) is 6.25. The molecular weight excluding hydrogens is 183 g/mol. The average molecular weight is 204 g/mol. The summed E-state index contributed by atoms with van der Waals surface area (Å²) in [5.74, 6) is 0. The highest BCUT2D eigenvalue weighted by Gasteiger charge is 2.18. The second-order valence-electron chi connectivity index (χ2n) is 4.19. The second kappa shape index (κ2) is 6.32. The topological polar surface area (TPSA) is 9.23 Å². The van der Waals surface area contributed by atoms with Crippen molar-refractivity contribution in [1.82, 2.24) is 0 Å². The van der Waals surface area contributed by atoms with Crippen LogP contribution in [-0.2, 0) is 4.74 Å². The zero-order valence-electron chi connectivity index (χ0n) is 9.03. The maximum absolute atomic E-state index is 13.1. The molecule has 0 bridgehead atoms. The van der Waals surface area contributed by atoms with Crippen LogP contribution in [0.3, 0.4) is 0 Å². The molecule has 0 saturated heterocycles. The van der Waals surface area contributed by atoms with Crippen LogP contribution < -0.4 is 0 Å². The summed E-state index contributed by atoms with van der Waals surface area (Å²) >= 11 is 0. The molecule has 0 rings (SSSR count). The van der Waals surface area contributed by atoms with Gasteiger partial charge in [-0.1, -0.05) is 18.6 Å². The second-order valence-corrected chi connectivity index (χ2v) is 8.12. The minimum Gasteiger partial charge on any atom is -0.377 e. The molecule has 0 amide bonds. The third-order valence-electron chi connectivity index (χ3n) is 1.66. The zero-order chi connectivity index (χ0) is 10.3. The highest BCUT2D eigenvalue weighted by Crippen LogP contribution is 2.14. The number of hydrogen-bond donors (Lipinski definition) is 0. The lowest BCUT2D eigenvalue weighted by atomic mass is 10.3. The first kappa shape index (κ1) is 12.8. The van der Waals surface area contributed by atoms with Crippen LogP contribution in [0.15, 0.2) is 12.2 Å². The van der Waals surface area contributed by atoms with E-state index in [1.807, 2.05) is 6.92 Å². The smallest absolute Gasteiger partial charge is 0.240 e. The molecule has 78 valence electrons. The highest BCUT2D eigenvalue weighted by atomic mass is 28.4. The average Bonchev–Trinajstić information content (AvgIpc) is 1.93. The summed E-state index contributed by atoms with van der Waals surface area (Å²) < 4.78 is 18.4. The lowest BCUT2D eigenvalue weighted by molar-refractivity contribution is 0.153. The fraction of sp³-hybridized carbons (Fsp3) is 0.800. The van der Waals surface area contributed by atoms with Crippen LogP contribution in [-0.4, -0.2) is 21.6 Å². The Hall–Kier alpha value is -0.153. The van der Waals surface area contributed by atoms with Crippen LogP contribution in [0.25, 0.3) is 0 Å². The number of hydrogen-bond acceptors (Lipinski definition) is 1. The predicted octanol–water partition coefficient (Wildman–Crippen LogP) is 3.53. The SMILES string of the molecule is C=C(C)COCCCC[Si](C)(C)F. The molecule has 0 aromatic rings. The molecule has 0 fully saturated rings. The first-order valence-corrected chi connectivity index (χ1v) is 7.91. The standard InChI is InChI=1S/C10H21FOSi/c1-10(2)9-12-7-5-6-8-13(3,4)11/h1,5-9H2,2-4H3. The first-order chi connectivity index (χ1) is 5.92. The van der Waals surface area contributed by atoms with Crippen molar-refractivity contribution in [2.45, 2.75) is 38.9 Å². The van der Waals surface area contributed by atoms with E-state index in [-0.39, 0.29) is 0 Å². The largest absolute Gasteiger partial charge is 0.377 e. The summed E-state index contributed by atoms with van der Waals surface area (Å²) in [6.07, 6.45) is 1.92. The van der Waals surface area contributed by atoms with E-state index in [1.54, 1.807) is 13.1 Å². The zero-order valence-corrected chi connectivity index (χ0v) is 10.0. The Morgan fingerprint density at radius 2 is 2.00 bits per heavy atom. The van der Waals surface area contributed by atoms with Gasteiger partial charge < -0.3 is 8.84 Å². The molecule has 0 spiro atoms. The Morgan fingerprint density at radius 1 is 1.38 bits per heavy atom. The number of unbranched alkanes of at least 4 members (excludes halogenated alkanes) is 1. The van der Waals surface area contributed by atoms with Crippen molar-refractivity contribution < 1.29 is 8.84 Å².